The third kappa shape index (κ3) is 1.64. The van der Waals surface area contributed by atoms with Gasteiger partial charge in [0.05, 0.1) is 5.56 Å². The van der Waals surface area contributed by atoms with Gasteiger partial charge in [0.25, 0.3) is 0 Å². The van der Waals surface area contributed by atoms with E-state index in [1.807, 2.05) is 11.5 Å². The fourth-order valence-corrected chi connectivity index (χ4v) is 1.43. The number of hydrogen-bond acceptors (Lipinski definition) is 1. The maximum absolute atomic E-state index is 10.8. The predicted molar refractivity (Wildman–Crippen MR) is 51.1 cm³/mol. The molecule has 0 unspecified atom stereocenters. The van der Waals surface area contributed by atoms with Crippen LogP contribution in [-0.4, -0.2) is 15.6 Å². The molecule has 1 heterocycles. The van der Waals surface area contributed by atoms with Crippen molar-refractivity contribution in [2.24, 2.45) is 0 Å². The Kier molecular flexibility index (Phi) is 2.56. The molecule has 0 aliphatic rings. The standard InChI is InChI=1S/C10H13NO2/c1-4-5-11-7(2)6-9(8(11)3)10(12)13/h4,6H,1,5H2,2-3H3,(H,12,13). The van der Waals surface area contributed by atoms with Crippen LogP contribution in [0.5, 0.6) is 0 Å². The van der Waals surface area contributed by atoms with Gasteiger partial charge in [-0.2, -0.15) is 0 Å². The molecule has 0 aromatic carbocycles. The molecule has 0 saturated heterocycles. The third-order valence-corrected chi connectivity index (χ3v) is 2.12. The molecule has 0 saturated carbocycles. The van der Waals surface area contributed by atoms with Crippen LogP contribution in [0, 0.1) is 13.8 Å². The van der Waals surface area contributed by atoms with Crippen LogP contribution < -0.4 is 0 Å². The van der Waals surface area contributed by atoms with Crippen LogP contribution in [0.25, 0.3) is 0 Å². The molecule has 0 fully saturated rings. The summed E-state index contributed by atoms with van der Waals surface area (Å²) in [5, 5.41) is 8.83. The van der Waals surface area contributed by atoms with Crippen LogP contribution in [0.4, 0.5) is 0 Å². The fourth-order valence-electron chi connectivity index (χ4n) is 1.43. The van der Waals surface area contributed by atoms with Gasteiger partial charge in [0.1, 0.15) is 0 Å². The lowest BCUT2D eigenvalue weighted by Crippen LogP contribution is -2.02. The van der Waals surface area contributed by atoms with Crippen LogP contribution in [0.3, 0.4) is 0 Å². The summed E-state index contributed by atoms with van der Waals surface area (Å²) >= 11 is 0. The minimum Gasteiger partial charge on any atom is -0.478 e. The molecule has 0 amide bonds. The van der Waals surface area contributed by atoms with Crippen LogP contribution in [0.2, 0.25) is 0 Å². The predicted octanol–water partition coefficient (Wildman–Crippen LogP) is 1.99. The molecule has 0 aliphatic heterocycles. The van der Waals surface area contributed by atoms with E-state index in [1.54, 1.807) is 19.1 Å². The van der Waals surface area contributed by atoms with E-state index in [4.69, 9.17) is 5.11 Å². The summed E-state index contributed by atoms with van der Waals surface area (Å²) < 4.78 is 1.93. The van der Waals surface area contributed by atoms with Crippen molar-refractivity contribution in [3.63, 3.8) is 0 Å². The van der Waals surface area contributed by atoms with Gasteiger partial charge in [-0.15, -0.1) is 6.58 Å². The highest BCUT2D eigenvalue weighted by Gasteiger charge is 2.12. The first-order valence-corrected chi connectivity index (χ1v) is 4.09. The Bertz CT molecular complexity index is 350. The first-order valence-electron chi connectivity index (χ1n) is 4.09. The summed E-state index contributed by atoms with van der Waals surface area (Å²) in [6.07, 6.45) is 1.76. The molecule has 1 aromatic rings. The number of aromatic nitrogens is 1. The Labute approximate surface area is 77.3 Å². The average Bonchev–Trinajstić information content (AvgIpc) is 2.32. The molecule has 1 rings (SSSR count). The normalized spacial score (nSPS) is 10.0. The number of aryl methyl sites for hydroxylation is 1. The van der Waals surface area contributed by atoms with Crippen molar-refractivity contribution < 1.29 is 9.90 Å². The summed E-state index contributed by atoms with van der Waals surface area (Å²) in [5.74, 6) is -0.872. The van der Waals surface area contributed by atoms with E-state index >= 15 is 0 Å². The SMILES string of the molecule is C=CCn1c(C)cc(C(=O)O)c1C. The summed E-state index contributed by atoms with van der Waals surface area (Å²) in [4.78, 5) is 10.8. The summed E-state index contributed by atoms with van der Waals surface area (Å²) in [5.41, 5.74) is 2.11. The Morgan fingerprint density at radius 3 is 2.69 bits per heavy atom. The van der Waals surface area contributed by atoms with Gasteiger partial charge in [-0.05, 0) is 19.9 Å². The Morgan fingerprint density at radius 2 is 2.31 bits per heavy atom. The monoisotopic (exact) mass is 179 g/mol. The molecule has 13 heavy (non-hydrogen) atoms. The molecular formula is C10H13NO2. The number of allylic oxidation sites excluding steroid dienone is 1. The van der Waals surface area contributed by atoms with E-state index in [1.165, 1.54) is 0 Å². The number of carboxylic acid groups (broad SMARTS) is 1. The van der Waals surface area contributed by atoms with Crippen molar-refractivity contribution in [1.29, 1.82) is 0 Å². The van der Waals surface area contributed by atoms with Crippen molar-refractivity contribution in [2.45, 2.75) is 20.4 Å². The first kappa shape index (κ1) is 9.58. The van der Waals surface area contributed by atoms with E-state index < -0.39 is 5.97 Å². The summed E-state index contributed by atoms with van der Waals surface area (Å²) in [6, 6.07) is 1.68. The average molecular weight is 179 g/mol. The zero-order valence-corrected chi connectivity index (χ0v) is 7.87. The molecule has 1 aromatic heterocycles. The van der Waals surface area contributed by atoms with Crippen molar-refractivity contribution in [3.05, 3.63) is 35.7 Å². The van der Waals surface area contributed by atoms with Crippen molar-refractivity contribution in [3.8, 4) is 0 Å². The molecule has 0 aliphatic carbocycles. The molecule has 0 bridgehead atoms. The minimum atomic E-state index is -0.872. The van der Waals surface area contributed by atoms with Crippen LogP contribution in [0.1, 0.15) is 21.7 Å². The van der Waals surface area contributed by atoms with E-state index in [9.17, 15) is 4.79 Å². The maximum Gasteiger partial charge on any atom is 0.337 e. The van der Waals surface area contributed by atoms with Crippen molar-refractivity contribution >= 4 is 5.97 Å². The van der Waals surface area contributed by atoms with E-state index in [-0.39, 0.29) is 0 Å². The Balaban J connectivity index is 3.21. The molecule has 0 radical (unpaired) electrons. The topological polar surface area (TPSA) is 42.2 Å². The minimum absolute atomic E-state index is 0.374. The quantitative estimate of drug-likeness (QED) is 0.721. The molecule has 70 valence electrons. The first-order chi connectivity index (χ1) is 6.07. The third-order valence-electron chi connectivity index (χ3n) is 2.12. The highest BCUT2D eigenvalue weighted by Crippen LogP contribution is 2.14. The van der Waals surface area contributed by atoms with E-state index in [0.29, 0.717) is 12.1 Å². The molecule has 3 heteroatoms. The van der Waals surface area contributed by atoms with Gasteiger partial charge >= 0.3 is 5.97 Å². The van der Waals surface area contributed by atoms with Crippen LogP contribution in [-0.2, 0) is 6.54 Å². The lowest BCUT2D eigenvalue weighted by molar-refractivity contribution is 0.0696. The largest absolute Gasteiger partial charge is 0.478 e. The number of rotatable bonds is 3. The van der Waals surface area contributed by atoms with Gasteiger partial charge in [0.15, 0.2) is 0 Å². The van der Waals surface area contributed by atoms with E-state index in [2.05, 4.69) is 6.58 Å². The van der Waals surface area contributed by atoms with Gasteiger partial charge in [-0.3, -0.25) is 0 Å². The zero-order chi connectivity index (χ0) is 10.0. The molecular weight excluding hydrogens is 166 g/mol. The number of nitrogens with zero attached hydrogens (tertiary/aromatic N) is 1. The van der Waals surface area contributed by atoms with Crippen LogP contribution >= 0.6 is 0 Å². The maximum atomic E-state index is 10.8. The second-order valence-electron chi connectivity index (χ2n) is 2.99. The zero-order valence-electron chi connectivity index (χ0n) is 7.87. The van der Waals surface area contributed by atoms with Gasteiger partial charge < -0.3 is 9.67 Å². The molecule has 1 N–H and O–H groups in total. The fraction of sp³-hybridized carbons (Fsp3) is 0.300. The highest BCUT2D eigenvalue weighted by atomic mass is 16.4. The number of carboxylic acids is 1. The number of aromatic carboxylic acids is 1. The van der Waals surface area contributed by atoms with Gasteiger partial charge in [-0.25, -0.2) is 4.79 Å². The molecule has 0 atom stereocenters. The van der Waals surface area contributed by atoms with Gasteiger partial charge in [-0.1, -0.05) is 6.08 Å². The van der Waals surface area contributed by atoms with Crippen LogP contribution in [0.15, 0.2) is 18.7 Å². The number of carbonyl (C=O) groups is 1. The molecule has 3 nitrogen and oxygen atoms in total. The second kappa shape index (κ2) is 3.47. The lowest BCUT2D eigenvalue weighted by atomic mass is 10.2. The Hall–Kier alpha value is -1.51. The highest BCUT2D eigenvalue weighted by molar-refractivity contribution is 5.89. The number of hydrogen-bond donors (Lipinski definition) is 1. The van der Waals surface area contributed by atoms with Crippen molar-refractivity contribution in [2.75, 3.05) is 0 Å². The van der Waals surface area contributed by atoms with Gasteiger partial charge in [0.2, 0.25) is 0 Å². The van der Waals surface area contributed by atoms with Gasteiger partial charge in [0, 0.05) is 17.9 Å². The summed E-state index contributed by atoms with van der Waals surface area (Å²) in [7, 11) is 0. The molecule has 0 spiro atoms. The Morgan fingerprint density at radius 1 is 1.69 bits per heavy atom. The second-order valence-corrected chi connectivity index (χ2v) is 2.99. The summed E-state index contributed by atoms with van der Waals surface area (Å²) in [6.45, 7) is 7.98. The van der Waals surface area contributed by atoms with E-state index in [0.717, 1.165) is 11.4 Å². The van der Waals surface area contributed by atoms with Crippen molar-refractivity contribution in [1.82, 2.24) is 4.57 Å². The smallest absolute Gasteiger partial charge is 0.337 e. The lowest BCUT2D eigenvalue weighted by Gasteiger charge is -2.04.